The van der Waals surface area contributed by atoms with E-state index < -0.39 is 0 Å². The molecule has 7 nitrogen and oxygen atoms in total. The summed E-state index contributed by atoms with van der Waals surface area (Å²) in [5.41, 5.74) is 1.59. The normalized spacial score (nSPS) is 10.7. The maximum absolute atomic E-state index is 12.5. The number of amides is 2. The molecule has 0 aliphatic heterocycles. The number of furan rings is 1. The Balaban J connectivity index is 1.42. The van der Waals surface area contributed by atoms with Gasteiger partial charge in [0.1, 0.15) is 21.3 Å². The fourth-order valence-electron chi connectivity index (χ4n) is 2.52. The first kappa shape index (κ1) is 19.0. The Morgan fingerprint density at radius 1 is 1.14 bits per heavy atom. The molecule has 0 radical (unpaired) electrons. The minimum Gasteiger partial charge on any atom is -0.458 e. The Kier molecular flexibility index (Phi) is 5.50. The van der Waals surface area contributed by atoms with E-state index in [2.05, 4.69) is 20.6 Å². The van der Waals surface area contributed by atoms with Crippen LogP contribution >= 0.6 is 22.7 Å². The molecular formula is C20H16N4O3S2. The van der Waals surface area contributed by atoms with Crippen molar-refractivity contribution >= 4 is 39.6 Å². The van der Waals surface area contributed by atoms with Crippen LogP contribution in [0.15, 0.2) is 58.5 Å². The molecule has 0 aliphatic rings. The zero-order valence-corrected chi connectivity index (χ0v) is 17.0. The number of hydrogen-bond donors (Lipinski definition) is 2. The van der Waals surface area contributed by atoms with Crippen molar-refractivity contribution in [3.8, 4) is 22.0 Å². The topological polar surface area (TPSA) is 97.1 Å². The van der Waals surface area contributed by atoms with E-state index in [-0.39, 0.29) is 11.8 Å². The Morgan fingerprint density at radius 3 is 2.76 bits per heavy atom. The van der Waals surface area contributed by atoms with E-state index in [9.17, 15) is 9.59 Å². The average molecular weight is 425 g/mol. The SMILES string of the molecule is CC(=O)NCc1ccc(-c2csc(NC(=O)c3cnc(-c4ccccc4)s3)n2)o1. The standard InChI is InChI=1S/C20H16N4O3S2/c1-12(25)21-9-14-7-8-16(27-14)15-11-28-20(23-15)24-18(26)17-10-22-19(29-17)13-5-3-2-4-6-13/h2-8,10-11H,9H2,1H3,(H,21,25)(H,23,24,26). The molecule has 0 saturated heterocycles. The molecule has 0 spiro atoms. The molecule has 4 aromatic rings. The van der Waals surface area contributed by atoms with Gasteiger partial charge in [-0.15, -0.1) is 22.7 Å². The summed E-state index contributed by atoms with van der Waals surface area (Å²) in [7, 11) is 0. The van der Waals surface area contributed by atoms with Crippen LogP contribution in [0.2, 0.25) is 0 Å². The minimum atomic E-state index is -0.253. The van der Waals surface area contributed by atoms with Gasteiger partial charge in [-0.25, -0.2) is 9.97 Å². The van der Waals surface area contributed by atoms with E-state index >= 15 is 0 Å². The van der Waals surface area contributed by atoms with E-state index in [0.717, 1.165) is 10.6 Å². The number of benzene rings is 1. The summed E-state index contributed by atoms with van der Waals surface area (Å²) in [4.78, 5) is 32.8. The lowest BCUT2D eigenvalue weighted by Crippen LogP contribution is -2.18. The fourth-order valence-corrected chi connectivity index (χ4v) is 4.03. The highest BCUT2D eigenvalue weighted by atomic mass is 32.1. The van der Waals surface area contributed by atoms with Crippen LogP contribution in [0.5, 0.6) is 0 Å². The minimum absolute atomic E-state index is 0.125. The second kappa shape index (κ2) is 8.38. The Morgan fingerprint density at radius 2 is 1.97 bits per heavy atom. The van der Waals surface area contributed by atoms with E-state index in [4.69, 9.17) is 4.42 Å². The molecule has 0 atom stereocenters. The van der Waals surface area contributed by atoms with Crippen LogP contribution in [0.3, 0.4) is 0 Å². The molecule has 3 aromatic heterocycles. The van der Waals surface area contributed by atoms with Gasteiger partial charge in [0.2, 0.25) is 5.91 Å². The number of thiazole rings is 2. The van der Waals surface area contributed by atoms with E-state index in [1.165, 1.54) is 29.6 Å². The van der Waals surface area contributed by atoms with Gasteiger partial charge in [0.15, 0.2) is 10.9 Å². The predicted molar refractivity (Wildman–Crippen MR) is 113 cm³/mol. The maximum Gasteiger partial charge on any atom is 0.269 e. The predicted octanol–water partition coefficient (Wildman–Crippen LogP) is 4.42. The molecule has 0 saturated carbocycles. The summed E-state index contributed by atoms with van der Waals surface area (Å²) >= 11 is 2.64. The van der Waals surface area contributed by atoms with Gasteiger partial charge in [-0.3, -0.25) is 14.9 Å². The van der Waals surface area contributed by atoms with Gasteiger partial charge in [-0.05, 0) is 12.1 Å². The third-order valence-electron chi connectivity index (χ3n) is 3.90. The average Bonchev–Trinajstić information content (AvgIpc) is 3.47. The first-order chi connectivity index (χ1) is 14.1. The number of aromatic nitrogens is 2. The van der Waals surface area contributed by atoms with Gasteiger partial charge >= 0.3 is 0 Å². The summed E-state index contributed by atoms with van der Waals surface area (Å²) in [6.07, 6.45) is 1.57. The lowest BCUT2D eigenvalue weighted by molar-refractivity contribution is -0.119. The van der Waals surface area contributed by atoms with Crippen molar-refractivity contribution in [3.05, 3.63) is 64.7 Å². The van der Waals surface area contributed by atoms with Gasteiger partial charge < -0.3 is 9.73 Å². The van der Waals surface area contributed by atoms with Gasteiger partial charge in [0.05, 0.1) is 12.7 Å². The monoisotopic (exact) mass is 424 g/mol. The van der Waals surface area contributed by atoms with Crippen LogP contribution in [0, 0.1) is 0 Å². The lowest BCUT2D eigenvalue weighted by atomic mass is 10.2. The summed E-state index contributed by atoms with van der Waals surface area (Å²) < 4.78 is 5.68. The molecule has 3 heterocycles. The summed E-state index contributed by atoms with van der Waals surface area (Å²) in [5.74, 6) is 0.828. The van der Waals surface area contributed by atoms with Gasteiger partial charge in [-0.1, -0.05) is 30.3 Å². The molecule has 2 amide bonds. The van der Waals surface area contributed by atoms with Crippen LogP contribution in [0.1, 0.15) is 22.4 Å². The van der Waals surface area contributed by atoms with Crippen molar-refractivity contribution in [2.45, 2.75) is 13.5 Å². The summed E-state index contributed by atoms with van der Waals surface area (Å²) in [5, 5.41) is 8.54. The molecule has 4 rings (SSSR count). The molecule has 0 aliphatic carbocycles. The van der Waals surface area contributed by atoms with Crippen LogP contribution in [0.25, 0.3) is 22.0 Å². The molecule has 2 N–H and O–H groups in total. The largest absolute Gasteiger partial charge is 0.458 e. The number of rotatable bonds is 6. The van der Waals surface area contributed by atoms with Crippen LogP contribution in [-0.4, -0.2) is 21.8 Å². The zero-order chi connectivity index (χ0) is 20.2. The van der Waals surface area contributed by atoms with Crippen molar-refractivity contribution in [2.24, 2.45) is 0 Å². The number of carbonyl (C=O) groups is 2. The van der Waals surface area contributed by atoms with Crippen LogP contribution < -0.4 is 10.6 Å². The van der Waals surface area contributed by atoms with Crippen molar-refractivity contribution < 1.29 is 14.0 Å². The Bertz CT molecular complexity index is 1150. The number of nitrogens with zero attached hydrogens (tertiary/aromatic N) is 2. The summed E-state index contributed by atoms with van der Waals surface area (Å²) in [6, 6.07) is 13.3. The molecule has 0 fully saturated rings. The van der Waals surface area contributed by atoms with Gasteiger partial charge in [0.25, 0.3) is 5.91 Å². The third kappa shape index (κ3) is 4.58. The lowest BCUT2D eigenvalue weighted by Gasteiger charge is -1.98. The third-order valence-corrected chi connectivity index (χ3v) is 5.70. The summed E-state index contributed by atoms with van der Waals surface area (Å²) in [6.45, 7) is 1.77. The Labute approximate surface area is 174 Å². The van der Waals surface area contributed by atoms with Crippen molar-refractivity contribution in [1.29, 1.82) is 0 Å². The molecule has 1 aromatic carbocycles. The molecular weight excluding hydrogens is 408 g/mol. The number of carbonyl (C=O) groups excluding carboxylic acids is 2. The highest BCUT2D eigenvalue weighted by Gasteiger charge is 2.15. The highest BCUT2D eigenvalue weighted by molar-refractivity contribution is 7.17. The first-order valence-electron chi connectivity index (χ1n) is 8.70. The second-order valence-electron chi connectivity index (χ2n) is 6.06. The molecule has 29 heavy (non-hydrogen) atoms. The Hall–Kier alpha value is -3.30. The second-order valence-corrected chi connectivity index (χ2v) is 7.95. The molecule has 0 bridgehead atoms. The quantitative estimate of drug-likeness (QED) is 0.478. The van der Waals surface area contributed by atoms with Gasteiger partial charge in [-0.2, -0.15) is 0 Å². The first-order valence-corrected chi connectivity index (χ1v) is 10.4. The number of anilines is 1. The van der Waals surface area contributed by atoms with Crippen molar-refractivity contribution in [3.63, 3.8) is 0 Å². The van der Waals surface area contributed by atoms with E-state index in [1.807, 2.05) is 30.3 Å². The van der Waals surface area contributed by atoms with Crippen LogP contribution in [-0.2, 0) is 11.3 Å². The van der Waals surface area contributed by atoms with Crippen LogP contribution in [0.4, 0.5) is 5.13 Å². The molecule has 0 unspecified atom stereocenters. The van der Waals surface area contributed by atoms with Gasteiger partial charge in [0, 0.05) is 17.9 Å². The van der Waals surface area contributed by atoms with E-state index in [1.54, 1.807) is 23.7 Å². The van der Waals surface area contributed by atoms with Crippen molar-refractivity contribution in [1.82, 2.24) is 15.3 Å². The number of hydrogen-bond acceptors (Lipinski definition) is 7. The highest BCUT2D eigenvalue weighted by Crippen LogP contribution is 2.28. The fraction of sp³-hybridized carbons (Fsp3) is 0.100. The maximum atomic E-state index is 12.5. The zero-order valence-electron chi connectivity index (χ0n) is 15.3. The van der Waals surface area contributed by atoms with E-state index in [0.29, 0.717) is 33.8 Å². The van der Waals surface area contributed by atoms with Crippen molar-refractivity contribution in [2.75, 3.05) is 5.32 Å². The molecule has 146 valence electrons. The smallest absolute Gasteiger partial charge is 0.269 e. The molecule has 9 heteroatoms. The number of nitrogens with one attached hydrogen (secondary N) is 2.